The van der Waals surface area contributed by atoms with E-state index in [1.165, 1.54) is 24.3 Å². The van der Waals surface area contributed by atoms with Crippen molar-refractivity contribution >= 4 is 44.8 Å². The van der Waals surface area contributed by atoms with Gasteiger partial charge in [0.15, 0.2) is 0 Å². The number of rotatable bonds is 4. The first kappa shape index (κ1) is 16.0. The van der Waals surface area contributed by atoms with E-state index in [-0.39, 0.29) is 22.3 Å². The van der Waals surface area contributed by atoms with Gasteiger partial charge in [0.1, 0.15) is 17.3 Å². The normalized spacial score (nSPS) is 10.5. The molecule has 0 N–H and O–H groups in total. The smallest absolute Gasteiger partial charge is 0.274 e. The number of halogens is 4. The number of ether oxygens (including phenoxy) is 1. The van der Waals surface area contributed by atoms with Gasteiger partial charge in [0.2, 0.25) is 0 Å². The molecule has 0 saturated carbocycles. The summed E-state index contributed by atoms with van der Waals surface area (Å²) in [5, 5.41) is 10.8. The standard InChI is InChI=1S/C13H7BrCl2FNO3/c14-9-4-10(16)11(17)5-13(9)21-8-1-2-12(18(19)20)7(3-8)6-15/h1-5H,6H2. The second-order valence-electron chi connectivity index (χ2n) is 3.98. The van der Waals surface area contributed by atoms with Crippen LogP contribution in [0.3, 0.4) is 0 Å². The Morgan fingerprint density at radius 3 is 2.67 bits per heavy atom. The lowest BCUT2D eigenvalue weighted by molar-refractivity contribution is -0.385. The molecule has 0 atom stereocenters. The predicted octanol–water partition coefficient (Wildman–Crippen LogP) is 5.68. The Bertz CT molecular complexity index is 712. The molecule has 2 aromatic carbocycles. The van der Waals surface area contributed by atoms with Crippen molar-refractivity contribution in [1.82, 2.24) is 0 Å². The summed E-state index contributed by atoms with van der Waals surface area (Å²) < 4.78 is 19.4. The Balaban J connectivity index is 2.36. The van der Waals surface area contributed by atoms with Gasteiger partial charge in [-0.2, -0.15) is 0 Å². The quantitative estimate of drug-likeness (QED) is 0.290. The molecule has 0 aliphatic rings. The summed E-state index contributed by atoms with van der Waals surface area (Å²) in [6, 6.07) is 6.61. The minimum absolute atomic E-state index is 0.0380. The van der Waals surface area contributed by atoms with Crippen molar-refractivity contribution in [3.8, 4) is 11.5 Å². The highest BCUT2D eigenvalue weighted by atomic mass is 79.9. The summed E-state index contributed by atoms with van der Waals surface area (Å²) in [4.78, 5) is 10.3. The highest BCUT2D eigenvalue weighted by molar-refractivity contribution is 9.10. The van der Waals surface area contributed by atoms with Crippen LogP contribution in [0.25, 0.3) is 0 Å². The van der Waals surface area contributed by atoms with E-state index in [1.807, 2.05) is 0 Å². The van der Waals surface area contributed by atoms with Crippen LogP contribution in [-0.2, 0) is 5.88 Å². The molecule has 8 heteroatoms. The van der Waals surface area contributed by atoms with E-state index >= 15 is 0 Å². The lowest BCUT2D eigenvalue weighted by Gasteiger charge is -2.09. The van der Waals surface area contributed by atoms with Gasteiger partial charge in [-0.25, -0.2) is 4.39 Å². The largest absolute Gasteiger partial charge is 0.456 e. The molecule has 110 valence electrons. The summed E-state index contributed by atoms with van der Waals surface area (Å²) in [5.74, 6) is -0.164. The molecule has 4 nitrogen and oxygen atoms in total. The molecule has 0 aliphatic carbocycles. The van der Waals surface area contributed by atoms with Crippen LogP contribution in [-0.4, -0.2) is 4.92 Å². The maximum absolute atomic E-state index is 13.4. The maximum atomic E-state index is 13.4. The minimum atomic E-state index is -0.630. The van der Waals surface area contributed by atoms with Crippen molar-refractivity contribution in [2.45, 2.75) is 5.88 Å². The average Bonchev–Trinajstić information content (AvgIpc) is 2.44. The molecule has 2 rings (SSSR count). The SMILES string of the molecule is O=[N+]([O-])c1ccc(Oc2cc(F)c(Cl)cc2Br)cc1CCl. The van der Waals surface area contributed by atoms with Crippen LogP contribution in [0.2, 0.25) is 5.02 Å². The van der Waals surface area contributed by atoms with Crippen molar-refractivity contribution in [2.24, 2.45) is 0 Å². The van der Waals surface area contributed by atoms with Gasteiger partial charge in [-0.15, -0.1) is 11.6 Å². The summed E-state index contributed by atoms with van der Waals surface area (Å²) in [6.45, 7) is 0. The molecule has 0 heterocycles. The topological polar surface area (TPSA) is 52.4 Å². The van der Waals surface area contributed by atoms with Gasteiger partial charge in [0.25, 0.3) is 5.69 Å². The number of hydrogen-bond acceptors (Lipinski definition) is 3. The fraction of sp³-hybridized carbons (Fsp3) is 0.0769. The molecule has 0 saturated heterocycles. The summed E-state index contributed by atoms with van der Waals surface area (Å²) in [7, 11) is 0. The number of alkyl halides is 1. The number of nitrogens with zero attached hydrogens (tertiary/aromatic N) is 1. The van der Waals surface area contributed by atoms with E-state index in [0.29, 0.717) is 15.8 Å². The van der Waals surface area contributed by atoms with Gasteiger partial charge in [-0.1, -0.05) is 11.6 Å². The Kier molecular flexibility index (Phi) is 5.03. The molecule has 0 amide bonds. The first-order valence-corrected chi connectivity index (χ1v) is 7.28. The van der Waals surface area contributed by atoms with Crippen LogP contribution >= 0.6 is 39.1 Å². The third kappa shape index (κ3) is 3.64. The number of nitro groups is 1. The van der Waals surface area contributed by atoms with Crippen molar-refractivity contribution < 1.29 is 14.1 Å². The molecule has 0 radical (unpaired) electrons. The monoisotopic (exact) mass is 393 g/mol. The zero-order chi connectivity index (χ0) is 15.6. The summed E-state index contributed by atoms with van der Waals surface area (Å²) in [6.07, 6.45) is 0. The average molecular weight is 395 g/mol. The first-order valence-electron chi connectivity index (χ1n) is 5.58. The second kappa shape index (κ2) is 6.60. The number of hydrogen-bond donors (Lipinski definition) is 0. The van der Waals surface area contributed by atoms with Gasteiger partial charge in [0, 0.05) is 17.7 Å². The van der Waals surface area contributed by atoms with E-state index in [9.17, 15) is 14.5 Å². The van der Waals surface area contributed by atoms with Crippen molar-refractivity contribution in [1.29, 1.82) is 0 Å². The van der Waals surface area contributed by atoms with E-state index in [2.05, 4.69) is 15.9 Å². The van der Waals surface area contributed by atoms with E-state index in [0.717, 1.165) is 6.07 Å². The molecule has 2 aromatic rings. The van der Waals surface area contributed by atoms with Gasteiger partial charge in [-0.3, -0.25) is 10.1 Å². The fourth-order valence-corrected chi connectivity index (χ4v) is 2.55. The second-order valence-corrected chi connectivity index (χ2v) is 5.51. The number of nitro benzene ring substituents is 1. The zero-order valence-corrected chi connectivity index (χ0v) is 13.4. The first-order chi connectivity index (χ1) is 9.92. The van der Waals surface area contributed by atoms with Crippen molar-refractivity contribution in [3.63, 3.8) is 0 Å². The maximum Gasteiger partial charge on any atom is 0.274 e. The van der Waals surface area contributed by atoms with Crippen LogP contribution in [0.15, 0.2) is 34.8 Å². The molecular weight excluding hydrogens is 388 g/mol. The van der Waals surface area contributed by atoms with Crippen LogP contribution in [0.5, 0.6) is 11.5 Å². The lowest BCUT2D eigenvalue weighted by atomic mass is 10.2. The molecular formula is C13H7BrCl2FNO3. The molecule has 21 heavy (non-hydrogen) atoms. The van der Waals surface area contributed by atoms with E-state index in [1.54, 1.807) is 0 Å². The molecule has 0 aromatic heterocycles. The number of benzene rings is 2. The summed E-state index contributed by atoms with van der Waals surface area (Å²) in [5.41, 5.74) is 0.212. The van der Waals surface area contributed by atoms with Gasteiger partial charge < -0.3 is 4.74 Å². The van der Waals surface area contributed by atoms with Crippen LogP contribution in [0, 0.1) is 15.9 Å². The Morgan fingerprint density at radius 1 is 1.33 bits per heavy atom. The predicted molar refractivity (Wildman–Crippen MR) is 81.8 cm³/mol. The zero-order valence-electron chi connectivity index (χ0n) is 10.3. The minimum Gasteiger partial charge on any atom is -0.456 e. The summed E-state index contributed by atoms with van der Waals surface area (Å²) >= 11 is 14.5. The van der Waals surface area contributed by atoms with Gasteiger partial charge in [0.05, 0.1) is 20.3 Å². The highest BCUT2D eigenvalue weighted by Crippen LogP contribution is 2.35. The van der Waals surface area contributed by atoms with Crippen LogP contribution in [0.1, 0.15) is 5.56 Å². The highest BCUT2D eigenvalue weighted by Gasteiger charge is 2.15. The Morgan fingerprint density at radius 2 is 2.05 bits per heavy atom. The van der Waals surface area contributed by atoms with Gasteiger partial charge in [-0.05, 0) is 34.1 Å². The molecule has 0 aliphatic heterocycles. The van der Waals surface area contributed by atoms with Gasteiger partial charge >= 0.3 is 0 Å². The molecule has 0 unspecified atom stereocenters. The lowest BCUT2D eigenvalue weighted by Crippen LogP contribution is -1.95. The third-order valence-electron chi connectivity index (χ3n) is 2.59. The van der Waals surface area contributed by atoms with E-state index in [4.69, 9.17) is 27.9 Å². The Hall–Kier alpha value is -1.37. The Labute approximate surface area is 137 Å². The van der Waals surface area contributed by atoms with Crippen LogP contribution in [0.4, 0.5) is 10.1 Å². The van der Waals surface area contributed by atoms with E-state index < -0.39 is 10.7 Å². The van der Waals surface area contributed by atoms with Crippen molar-refractivity contribution in [3.05, 3.63) is 61.3 Å². The fourth-order valence-electron chi connectivity index (χ4n) is 1.62. The third-order valence-corrected chi connectivity index (χ3v) is 3.79. The molecule has 0 fully saturated rings. The molecule has 0 spiro atoms. The van der Waals surface area contributed by atoms with Crippen molar-refractivity contribution in [2.75, 3.05) is 0 Å². The van der Waals surface area contributed by atoms with Crippen LogP contribution < -0.4 is 4.74 Å². The molecule has 0 bridgehead atoms.